The summed E-state index contributed by atoms with van der Waals surface area (Å²) in [7, 11) is 0. The van der Waals surface area contributed by atoms with Gasteiger partial charge in [-0.05, 0) is 69.5 Å². The van der Waals surface area contributed by atoms with Gasteiger partial charge in [-0.1, -0.05) is 91.0 Å². The zero-order chi connectivity index (χ0) is 28.2. The highest BCUT2D eigenvalue weighted by atomic mass is 16.5. The van der Waals surface area contributed by atoms with E-state index >= 15 is 0 Å². The Morgan fingerprint density at radius 1 is 0.732 bits per heavy atom. The minimum Gasteiger partial charge on any atom is -0.494 e. The number of rotatable bonds is 9. The average Bonchev–Trinajstić information content (AvgIpc) is 3.22. The summed E-state index contributed by atoms with van der Waals surface area (Å²) in [6.07, 6.45) is 4.98. The van der Waals surface area contributed by atoms with E-state index in [1.165, 1.54) is 22.3 Å². The summed E-state index contributed by atoms with van der Waals surface area (Å²) in [5, 5.41) is 12.0. The van der Waals surface area contributed by atoms with E-state index in [9.17, 15) is 9.59 Å². The number of benzene rings is 4. The van der Waals surface area contributed by atoms with Gasteiger partial charge in [0.1, 0.15) is 12.4 Å². The number of fused-ring (bicyclic) bond motifs is 5. The van der Waals surface area contributed by atoms with Crippen molar-refractivity contribution in [2.75, 3.05) is 13.2 Å². The highest BCUT2D eigenvalue weighted by molar-refractivity contribution is 5.80. The van der Waals surface area contributed by atoms with Crippen molar-refractivity contribution in [1.29, 1.82) is 0 Å². The van der Waals surface area contributed by atoms with Crippen LogP contribution >= 0.6 is 0 Å². The summed E-state index contributed by atoms with van der Waals surface area (Å²) in [6.45, 7) is 0.686. The third kappa shape index (κ3) is 5.59. The second-order valence-electron chi connectivity index (χ2n) is 10.4. The van der Waals surface area contributed by atoms with E-state index in [1.54, 1.807) is 0 Å². The lowest BCUT2D eigenvalue weighted by atomic mass is 9.94. The number of unbranched alkanes of at least 4 members (excludes halogenated alkanes) is 1. The van der Waals surface area contributed by atoms with Gasteiger partial charge in [0, 0.05) is 12.3 Å². The number of carboxylic acid groups (broad SMARTS) is 1. The number of carbonyl (C=O) groups is 2. The minimum atomic E-state index is -0.797. The first-order chi connectivity index (χ1) is 20.1. The van der Waals surface area contributed by atoms with Crippen molar-refractivity contribution in [1.82, 2.24) is 5.32 Å². The summed E-state index contributed by atoms with van der Waals surface area (Å²) in [5.41, 5.74) is 8.61. The molecule has 4 aromatic carbocycles. The van der Waals surface area contributed by atoms with Gasteiger partial charge >= 0.3 is 12.1 Å². The number of aliphatic carboxylic acids is 1. The maximum atomic E-state index is 13.3. The Balaban J connectivity index is 1.19. The molecule has 41 heavy (non-hydrogen) atoms. The van der Waals surface area contributed by atoms with Crippen LogP contribution < -0.4 is 10.1 Å². The van der Waals surface area contributed by atoms with E-state index in [0.717, 1.165) is 22.3 Å². The number of hydrogen-bond acceptors (Lipinski definition) is 4. The maximum Gasteiger partial charge on any atom is 0.407 e. The van der Waals surface area contributed by atoms with Gasteiger partial charge in [-0.3, -0.25) is 4.79 Å². The molecule has 0 saturated heterocycles. The normalized spacial score (nSPS) is 14.7. The van der Waals surface area contributed by atoms with Crippen LogP contribution in [0.5, 0.6) is 5.75 Å². The van der Waals surface area contributed by atoms with Gasteiger partial charge in [-0.15, -0.1) is 0 Å². The zero-order valence-electron chi connectivity index (χ0n) is 22.6. The van der Waals surface area contributed by atoms with Gasteiger partial charge in [0.25, 0.3) is 0 Å². The smallest absolute Gasteiger partial charge is 0.407 e. The fraction of sp³-hybridized carbons (Fsp3) is 0.200. The number of nitrogens with one attached hydrogen (secondary N) is 1. The summed E-state index contributed by atoms with van der Waals surface area (Å²) < 4.78 is 11.8. The number of carbonyl (C=O) groups excluding carboxylic acids is 1. The highest BCUT2D eigenvalue weighted by Gasteiger charge is 2.30. The fourth-order valence-corrected chi connectivity index (χ4v) is 5.80. The molecule has 0 aromatic heterocycles. The molecule has 6 rings (SSSR count). The SMILES string of the molecule is O=C(O)CCCCOc1ccc2c(c1)C=Cc1ccccc1[C@H]2NC(=O)OCC1c2ccccc2-c2ccccc21. The molecule has 0 saturated carbocycles. The van der Waals surface area contributed by atoms with Gasteiger partial charge in [0.05, 0.1) is 12.6 Å². The molecule has 1 amide bonds. The molecule has 2 aliphatic carbocycles. The first-order valence-corrected chi connectivity index (χ1v) is 14.0. The molecule has 2 aliphatic rings. The molecular formula is C35H31NO5. The monoisotopic (exact) mass is 545 g/mol. The van der Waals surface area contributed by atoms with Gasteiger partial charge in [0.15, 0.2) is 0 Å². The Bertz CT molecular complexity index is 1580. The van der Waals surface area contributed by atoms with Crippen LogP contribution in [-0.4, -0.2) is 30.4 Å². The average molecular weight is 546 g/mol. The van der Waals surface area contributed by atoms with Crippen molar-refractivity contribution in [2.24, 2.45) is 0 Å². The predicted molar refractivity (Wildman–Crippen MR) is 159 cm³/mol. The molecule has 6 nitrogen and oxygen atoms in total. The van der Waals surface area contributed by atoms with Crippen LogP contribution in [0.25, 0.3) is 23.3 Å². The summed E-state index contributed by atoms with van der Waals surface area (Å²) in [6, 6.07) is 30.0. The van der Waals surface area contributed by atoms with E-state index in [0.29, 0.717) is 25.2 Å². The topological polar surface area (TPSA) is 84.9 Å². The van der Waals surface area contributed by atoms with Gasteiger partial charge < -0.3 is 19.9 Å². The van der Waals surface area contributed by atoms with Crippen LogP contribution in [0.4, 0.5) is 4.79 Å². The van der Waals surface area contributed by atoms with Gasteiger partial charge in [-0.25, -0.2) is 4.79 Å². The molecule has 0 fully saturated rings. The van der Waals surface area contributed by atoms with Crippen molar-refractivity contribution >= 4 is 24.2 Å². The molecule has 1 atom stereocenters. The molecule has 0 unspecified atom stereocenters. The van der Waals surface area contributed by atoms with Crippen molar-refractivity contribution in [3.05, 3.63) is 124 Å². The molecule has 4 aromatic rings. The van der Waals surface area contributed by atoms with Gasteiger partial charge in [0.2, 0.25) is 0 Å². The largest absolute Gasteiger partial charge is 0.494 e. The number of ether oxygens (including phenoxy) is 2. The quantitative estimate of drug-likeness (QED) is 0.214. The summed E-state index contributed by atoms with van der Waals surface area (Å²) in [5.74, 6) is -0.108. The van der Waals surface area contributed by atoms with Crippen molar-refractivity contribution in [3.63, 3.8) is 0 Å². The Hall–Kier alpha value is -4.84. The Morgan fingerprint density at radius 2 is 1.37 bits per heavy atom. The molecule has 0 heterocycles. The number of hydrogen-bond donors (Lipinski definition) is 2. The van der Waals surface area contributed by atoms with Crippen LogP contribution in [0.2, 0.25) is 0 Å². The number of alkyl carbamates (subject to hydrolysis) is 1. The van der Waals surface area contributed by atoms with E-state index in [4.69, 9.17) is 14.6 Å². The van der Waals surface area contributed by atoms with Crippen LogP contribution in [-0.2, 0) is 9.53 Å². The Labute approximate surface area is 239 Å². The van der Waals surface area contributed by atoms with E-state index < -0.39 is 18.1 Å². The first kappa shape index (κ1) is 26.4. The zero-order valence-corrected chi connectivity index (χ0v) is 22.6. The lowest BCUT2D eigenvalue weighted by Gasteiger charge is -2.23. The third-order valence-corrected chi connectivity index (χ3v) is 7.78. The third-order valence-electron chi connectivity index (χ3n) is 7.78. The fourth-order valence-electron chi connectivity index (χ4n) is 5.80. The van der Waals surface area contributed by atoms with E-state index in [2.05, 4.69) is 29.6 Å². The van der Waals surface area contributed by atoms with Crippen molar-refractivity contribution < 1.29 is 24.2 Å². The van der Waals surface area contributed by atoms with Crippen LogP contribution in [0.1, 0.15) is 64.6 Å². The first-order valence-electron chi connectivity index (χ1n) is 14.0. The lowest BCUT2D eigenvalue weighted by molar-refractivity contribution is -0.137. The predicted octanol–water partition coefficient (Wildman–Crippen LogP) is 7.43. The van der Waals surface area contributed by atoms with E-state index in [-0.39, 0.29) is 18.9 Å². The van der Waals surface area contributed by atoms with Crippen LogP contribution in [0, 0.1) is 0 Å². The molecule has 0 radical (unpaired) electrons. The second-order valence-corrected chi connectivity index (χ2v) is 10.4. The number of amides is 1. The molecule has 0 aliphatic heterocycles. The second kappa shape index (κ2) is 11.7. The molecule has 2 N–H and O–H groups in total. The number of carboxylic acids is 1. The van der Waals surface area contributed by atoms with Gasteiger partial charge in [-0.2, -0.15) is 0 Å². The summed E-state index contributed by atoms with van der Waals surface area (Å²) >= 11 is 0. The standard InChI is InChI=1S/C35H31NO5/c37-33(38)15-7-8-20-40-25-18-19-27-24(21-25)17-16-23-9-1-2-10-26(23)34(27)36-35(39)41-22-32-30-13-5-3-11-28(30)29-12-4-6-14-31(29)32/h1-6,9-14,16-19,21,32,34H,7-8,15,20,22H2,(H,36,39)(H,37,38)/t34-/m1/s1. The van der Waals surface area contributed by atoms with Crippen molar-refractivity contribution in [2.45, 2.75) is 31.2 Å². The van der Waals surface area contributed by atoms with Crippen LogP contribution in [0.15, 0.2) is 91.0 Å². The molecule has 0 spiro atoms. The minimum absolute atomic E-state index is 0.0151. The molecule has 6 heteroatoms. The van der Waals surface area contributed by atoms with E-state index in [1.807, 2.05) is 78.9 Å². The Morgan fingerprint density at radius 3 is 2.10 bits per heavy atom. The summed E-state index contributed by atoms with van der Waals surface area (Å²) in [4.78, 5) is 24.1. The molecule has 206 valence electrons. The highest BCUT2D eigenvalue weighted by Crippen LogP contribution is 2.44. The lowest BCUT2D eigenvalue weighted by Crippen LogP contribution is -2.31. The van der Waals surface area contributed by atoms with Crippen LogP contribution in [0.3, 0.4) is 0 Å². The maximum absolute atomic E-state index is 13.3. The van der Waals surface area contributed by atoms with Crippen molar-refractivity contribution in [3.8, 4) is 16.9 Å². The Kier molecular flexibility index (Phi) is 7.54. The molecular weight excluding hydrogens is 514 g/mol. The molecule has 0 bridgehead atoms.